The Bertz CT molecular complexity index is 587. The van der Waals surface area contributed by atoms with E-state index < -0.39 is 11.4 Å². The van der Waals surface area contributed by atoms with E-state index in [0.717, 1.165) is 51.4 Å². The third-order valence-corrected chi connectivity index (χ3v) is 6.56. The lowest BCUT2D eigenvalue weighted by molar-refractivity contribution is -0.157. The molecule has 1 aromatic carbocycles. The zero-order valence-corrected chi connectivity index (χ0v) is 15.1. The van der Waals surface area contributed by atoms with Crippen LogP contribution in [0.1, 0.15) is 81.0 Å². The molecule has 1 aromatic rings. The van der Waals surface area contributed by atoms with Crippen molar-refractivity contribution >= 4 is 11.8 Å². The first-order valence-corrected chi connectivity index (χ1v) is 9.99. The summed E-state index contributed by atoms with van der Waals surface area (Å²) in [6.07, 6.45) is 10.8. The van der Waals surface area contributed by atoms with Crippen molar-refractivity contribution in [2.75, 3.05) is 0 Å². The number of hydrogen-bond donors (Lipinski definition) is 1. The van der Waals surface area contributed by atoms with E-state index in [9.17, 15) is 14.7 Å². The number of carboxylic acids is 1. The number of carbonyl (C=O) groups is 2. The average molecular weight is 342 g/mol. The molecule has 2 saturated carbocycles. The van der Waals surface area contributed by atoms with Crippen LogP contribution in [0.25, 0.3) is 0 Å². The minimum absolute atomic E-state index is 0.0501. The molecule has 2 aliphatic carbocycles. The van der Waals surface area contributed by atoms with Gasteiger partial charge < -0.3 is 5.11 Å². The molecule has 0 radical (unpaired) electrons. The van der Waals surface area contributed by atoms with Gasteiger partial charge in [0, 0.05) is 11.5 Å². The van der Waals surface area contributed by atoms with Gasteiger partial charge in [-0.1, -0.05) is 75.3 Å². The number of Topliss-reactive ketones (excluding diaryl/α,β-unsaturated/α-hetero) is 1. The van der Waals surface area contributed by atoms with Gasteiger partial charge in [0.15, 0.2) is 5.78 Å². The molecule has 136 valence electrons. The summed E-state index contributed by atoms with van der Waals surface area (Å²) in [7, 11) is 0. The number of carbonyl (C=O) groups excluding carboxylic acids is 1. The summed E-state index contributed by atoms with van der Waals surface area (Å²) in [6.45, 7) is 0. The topological polar surface area (TPSA) is 54.4 Å². The number of aliphatic carboxylic acids is 1. The number of benzene rings is 1. The van der Waals surface area contributed by atoms with Gasteiger partial charge in [-0.25, -0.2) is 0 Å². The fourth-order valence-electron chi connectivity index (χ4n) is 5.26. The van der Waals surface area contributed by atoms with Crippen molar-refractivity contribution in [2.45, 2.75) is 70.6 Å². The van der Waals surface area contributed by atoms with Gasteiger partial charge in [-0.2, -0.15) is 0 Å². The molecule has 0 heterocycles. The molecule has 2 atom stereocenters. The van der Waals surface area contributed by atoms with Crippen LogP contribution < -0.4 is 0 Å². The van der Waals surface area contributed by atoms with E-state index in [-0.39, 0.29) is 17.6 Å². The molecule has 2 aliphatic rings. The fraction of sp³-hybridized carbons (Fsp3) is 0.636. The van der Waals surface area contributed by atoms with E-state index in [0.29, 0.717) is 12.0 Å². The minimum Gasteiger partial charge on any atom is -0.481 e. The monoisotopic (exact) mass is 342 g/mol. The summed E-state index contributed by atoms with van der Waals surface area (Å²) in [5.74, 6) is -0.911. The van der Waals surface area contributed by atoms with Crippen LogP contribution in [0.15, 0.2) is 30.3 Å². The molecular formula is C22H30O3. The first-order valence-electron chi connectivity index (χ1n) is 9.99. The largest absolute Gasteiger partial charge is 0.481 e. The third kappa shape index (κ3) is 3.65. The van der Waals surface area contributed by atoms with Crippen LogP contribution in [0, 0.1) is 17.3 Å². The Hall–Kier alpha value is -1.64. The molecule has 2 unspecified atom stereocenters. The zero-order chi connectivity index (χ0) is 17.7. The van der Waals surface area contributed by atoms with Crippen LogP contribution in [-0.4, -0.2) is 16.9 Å². The SMILES string of the molecule is O=C(c1ccccc1)C1CCCCCC1(C(=O)O)C1CCCCCC1. The van der Waals surface area contributed by atoms with Gasteiger partial charge in [0.1, 0.15) is 0 Å². The van der Waals surface area contributed by atoms with Crippen LogP contribution in [0.4, 0.5) is 0 Å². The van der Waals surface area contributed by atoms with Crippen LogP contribution in [0.5, 0.6) is 0 Å². The molecule has 3 rings (SSSR count). The molecule has 0 spiro atoms. The van der Waals surface area contributed by atoms with E-state index >= 15 is 0 Å². The van der Waals surface area contributed by atoms with Crippen molar-refractivity contribution in [1.29, 1.82) is 0 Å². The Balaban J connectivity index is 2.01. The summed E-state index contributed by atoms with van der Waals surface area (Å²) in [4.78, 5) is 26.0. The number of hydrogen-bond acceptors (Lipinski definition) is 2. The quantitative estimate of drug-likeness (QED) is 0.581. The number of rotatable bonds is 4. The third-order valence-electron chi connectivity index (χ3n) is 6.56. The minimum atomic E-state index is -0.867. The molecule has 0 aliphatic heterocycles. The lowest BCUT2D eigenvalue weighted by Gasteiger charge is -2.41. The smallest absolute Gasteiger partial charge is 0.310 e. The normalized spacial score (nSPS) is 28.7. The van der Waals surface area contributed by atoms with Crippen molar-refractivity contribution in [3.8, 4) is 0 Å². The van der Waals surface area contributed by atoms with E-state index in [1.165, 1.54) is 12.8 Å². The molecule has 3 heteroatoms. The molecule has 2 fully saturated rings. The van der Waals surface area contributed by atoms with Crippen LogP contribution in [0.3, 0.4) is 0 Å². The highest BCUT2D eigenvalue weighted by atomic mass is 16.4. The van der Waals surface area contributed by atoms with Crippen molar-refractivity contribution in [3.63, 3.8) is 0 Å². The maximum atomic E-state index is 13.3. The maximum Gasteiger partial charge on any atom is 0.310 e. The van der Waals surface area contributed by atoms with Gasteiger partial charge in [-0.05, 0) is 31.6 Å². The van der Waals surface area contributed by atoms with Crippen molar-refractivity contribution in [1.82, 2.24) is 0 Å². The Labute approximate surface area is 150 Å². The number of carboxylic acid groups (broad SMARTS) is 1. The first-order chi connectivity index (χ1) is 12.2. The number of ketones is 1. The molecule has 3 nitrogen and oxygen atoms in total. The van der Waals surface area contributed by atoms with Gasteiger partial charge in [0.2, 0.25) is 0 Å². The molecular weight excluding hydrogens is 312 g/mol. The summed E-state index contributed by atoms with van der Waals surface area (Å²) in [5.41, 5.74) is -0.193. The van der Waals surface area contributed by atoms with Crippen LogP contribution in [-0.2, 0) is 4.79 Å². The van der Waals surface area contributed by atoms with Crippen molar-refractivity contribution in [2.24, 2.45) is 17.3 Å². The molecule has 1 N–H and O–H groups in total. The molecule has 0 amide bonds. The van der Waals surface area contributed by atoms with Gasteiger partial charge >= 0.3 is 5.97 Å². The Kier molecular flexibility index (Phi) is 5.93. The Morgan fingerprint density at radius 1 is 0.840 bits per heavy atom. The van der Waals surface area contributed by atoms with E-state index in [1.807, 2.05) is 30.3 Å². The fourth-order valence-corrected chi connectivity index (χ4v) is 5.26. The summed E-state index contributed by atoms with van der Waals surface area (Å²) < 4.78 is 0. The van der Waals surface area contributed by atoms with Crippen LogP contribution in [0.2, 0.25) is 0 Å². The highest BCUT2D eigenvalue weighted by molar-refractivity contribution is 6.01. The summed E-state index contributed by atoms with van der Waals surface area (Å²) in [6, 6.07) is 9.33. The van der Waals surface area contributed by atoms with E-state index in [1.54, 1.807) is 0 Å². The van der Waals surface area contributed by atoms with Crippen molar-refractivity contribution < 1.29 is 14.7 Å². The standard InChI is InChI=1S/C22H30O3/c23-20(17-11-5-3-6-12-17)19-15-9-4-10-16-22(19,21(24)25)18-13-7-1-2-8-14-18/h3,5-6,11-12,18-19H,1-2,4,7-10,13-16H2,(H,24,25). The molecule has 25 heavy (non-hydrogen) atoms. The van der Waals surface area contributed by atoms with E-state index in [4.69, 9.17) is 0 Å². The average Bonchev–Trinajstić information content (AvgIpc) is 3.03. The van der Waals surface area contributed by atoms with Gasteiger partial charge in [0.05, 0.1) is 5.41 Å². The van der Waals surface area contributed by atoms with Gasteiger partial charge in [-0.15, -0.1) is 0 Å². The lowest BCUT2D eigenvalue weighted by Crippen LogP contribution is -2.47. The molecule has 0 bridgehead atoms. The molecule has 0 saturated heterocycles. The summed E-state index contributed by atoms with van der Waals surface area (Å²) >= 11 is 0. The van der Waals surface area contributed by atoms with E-state index in [2.05, 4.69) is 0 Å². The first kappa shape index (κ1) is 18.2. The predicted molar refractivity (Wildman–Crippen MR) is 98.6 cm³/mol. The Morgan fingerprint density at radius 2 is 1.44 bits per heavy atom. The molecule has 0 aromatic heterocycles. The second-order valence-corrected chi connectivity index (χ2v) is 7.92. The maximum absolute atomic E-state index is 13.3. The second-order valence-electron chi connectivity index (χ2n) is 7.92. The highest BCUT2D eigenvalue weighted by Gasteiger charge is 2.53. The van der Waals surface area contributed by atoms with Crippen molar-refractivity contribution in [3.05, 3.63) is 35.9 Å². The highest BCUT2D eigenvalue weighted by Crippen LogP contribution is 2.51. The predicted octanol–water partition coefficient (Wildman–Crippen LogP) is 5.49. The van der Waals surface area contributed by atoms with Gasteiger partial charge in [0.25, 0.3) is 0 Å². The summed E-state index contributed by atoms with van der Waals surface area (Å²) in [5, 5.41) is 10.4. The van der Waals surface area contributed by atoms with Crippen LogP contribution >= 0.6 is 0 Å². The zero-order valence-electron chi connectivity index (χ0n) is 15.1. The van der Waals surface area contributed by atoms with Gasteiger partial charge in [-0.3, -0.25) is 9.59 Å². The lowest BCUT2D eigenvalue weighted by atomic mass is 9.60. The Morgan fingerprint density at radius 3 is 2.08 bits per heavy atom. The second kappa shape index (κ2) is 8.16.